The first-order valence-corrected chi connectivity index (χ1v) is 8.98. The highest BCUT2D eigenvalue weighted by atomic mass is 32.2. The first-order valence-electron chi connectivity index (χ1n) is 7.50. The Bertz CT molecular complexity index is 876. The minimum Gasteiger partial charge on any atom is -0.493 e. The molecule has 0 atom stereocenters. The van der Waals surface area contributed by atoms with Crippen LogP contribution < -0.4 is 14.8 Å². The van der Waals surface area contributed by atoms with Gasteiger partial charge in [0.05, 0.1) is 17.1 Å². The molecular formula is C17H18N2O5S. The third-order valence-corrected chi connectivity index (χ3v) is 4.58. The Morgan fingerprint density at radius 2 is 1.68 bits per heavy atom. The van der Waals surface area contributed by atoms with Crippen LogP contribution in [0, 0.1) is 0 Å². The number of rotatable bonds is 6. The topological polar surface area (TPSA) is 102 Å². The van der Waals surface area contributed by atoms with Crippen LogP contribution in [0.1, 0.15) is 24.2 Å². The van der Waals surface area contributed by atoms with Crippen LogP contribution in [0.2, 0.25) is 0 Å². The summed E-state index contributed by atoms with van der Waals surface area (Å²) in [5.74, 6) is -0.584. The third-order valence-electron chi connectivity index (χ3n) is 3.13. The number of sulfonamides is 1. The summed E-state index contributed by atoms with van der Waals surface area (Å²) >= 11 is 0. The van der Waals surface area contributed by atoms with Crippen LogP contribution in [0.5, 0.6) is 5.75 Å². The number of ether oxygens (including phenoxy) is 1. The molecule has 0 bridgehead atoms. The minimum absolute atomic E-state index is 0.0737. The molecule has 2 aromatic carbocycles. The lowest BCUT2D eigenvalue weighted by atomic mass is 10.2. The summed E-state index contributed by atoms with van der Waals surface area (Å²) in [7, 11) is -3.90. The maximum Gasteiger partial charge on any atom is 0.264 e. The minimum atomic E-state index is -3.90. The standard InChI is InChI=1S/C17H18N2O5S/c1-3-24-16-7-5-4-6-15(16)17(21)18-13-8-10-14(11-9-13)25(22,23)19-12(2)20/h4-11H,3H2,1-2H3,(H,18,21)(H,19,20). The van der Waals surface area contributed by atoms with Gasteiger partial charge in [-0.2, -0.15) is 0 Å². The SMILES string of the molecule is CCOc1ccccc1C(=O)Nc1ccc(S(=O)(=O)NC(C)=O)cc1. The molecule has 0 spiro atoms. The average Bonchev–Trinajstić information content (AvgIpc) is 2.55. The molecule has 2 N–H and O–H groups in total. The van der Waals surface area contributed by atoms with Gasteiger partial charge in [0.1, 0.15) is 5.75 Å². The summed E-state index contributed by atoms with van der Waals surface area (Å²) in [5, 5.41) is 2.68. The van der Waals surface area contributed by atoms with Crippen molar-refractivity contribution < 1.29 is 22.7 Å². The second-order valence-electron chi connectivity index (χ2n) is 5.07. The van der Waals surface area contributed by atoms with Gasteiger partial charge in [0.2, 0.25) is 5.91 Å². The van der Waals surface area contributed by atoms with E-state index in [1.165, 1.54) is 24.3 Å². The van der Waals surface area contributed by atoms with Gasteiger partial charge in [-0.1, -0.05) is 12.1 Å². The first-order chi connectivity index (χ1) is 11.8. The van der Waals surface area contributed by atoms with Gasteiger partial charge < -0.3 is 10.1 Å². The number of hydrogen-bond acceptors (Lipinski definition) is 5. The highest BCUT2D eigenvalue weighted by Crippen LogP contribution is 2.20. The van der Waals surface area contributed by atoms with E-state index in [1.54, 1.807) is 24.3 Å². The number of benzene rings is 2. The van der Waals surface area contributed by atoms with E-state index >= 15 is 0 Å². The molecule has 0 fully saturated rings. The number of para-hydroxylation sites is 1. The van der Waals surface area contributed by atoms with E-state index in [9.17, 15) is 18.0 Å². The Hall–Kier alpha value is -2.87. The quantitative estimate of drug-likeness (QED) is 0.820. The lowest BCUT2D eigenvalue weighted by Gasteiger charge is -2.11. The molecule has 8 heteroatoms. The van der Waals surface area contributed by atoms with Crippen molar-refractivity contribution in [3.8, 4) is 5.75 Å². The second-order valence-corrected chi connectivity index (χ2v) is 6.75. The molecule has 2 amide bonds. The van der Waals surface area contributed by atoms with Crippen LogP contribution in [-0.4, -0.2) is 26.8 Å². The number of carbonyl (C=O) groups is 2. The predicted molar refractivity (Wildman–Crippen MR) is 93.0 cm³/mol. The average molecular weight is 362 g/mol. The molecule has 7 nitrogen and oxygen atoms in total. The monoisotopic (exact) mass is 362 g/mol. The zero-order valence-corrected chi connectivity index (χ0v) is 14.6. The van der Waals surface area contributed by atoms with Crippen molar-refractivity contribution in [3.05, 3.63) is 54.1 Å². The molecule has 0 unspecified atom stereocenters. The highest BCUT2D eigenvalue weighted by Gasteiger charge is 2.16. The van der Waals surface area contributed by atoms with Gasteiger partial charge in [-0.15, -0.1) is 0 Å². The highest BCUT2D eigenvalue weighted by molar-refractivity contribution is 7.90. The molecule has 0 aliphatic heterocycles. The summed E-state index contributed by atoms with van der Waals surface area (Å²) in [4.78, 5) is 23.2. The van der Waals surface area contributed by atoms with E-state index in [2.05, 4.69) is 5.32 Å². The number of amides is 2. The van der Waals surface area contributed by atoms with E-state index in [-0.39, 0.29) is 10.8 Å². The number of carbonyl (C=O) groups excluding carboxylic acids is 2. The Labute approximate surface area is 146 Å². The summed E-state index contributed by atoms with van der Waals surface area (Å²) in [6.45, 7) is 3.37. The maximum absolute atomic E-state index is 12.4. The van der Waals surface area contributed by atoms with Crippen molar-refractivity contribution in [2.24, 2.45) is 0 Å². The van der Waals surface area contributed by atoms with Gasteiger partial charge in [0, 0.05) is 12.6 Å². The van der Waals surface area contributed by atoms with Crippen molar-refractivity contribution in [1.82, 2.24) is 4.72 Å². The summed E-state index contributed by atoms with van der Waals surface area (Å²) in [6.07, 6.45) is 0. The Morgan fingerprint density at radius 1 is 1.04 bits per heavy atom. The van der Waals surface area contributed by atoms with Crippen LogP contribution in [0.25, 0.3) is 0 Å². The molecule has 2 rings (SSSR count). The summed E-state index contributed by atoms with van der Waals surface area (Å²) < 4.78 is 31.0. The van der Waals surface area contributed by atoms with Gasteiger partial charge in [-0.3, -0.25) is 9.59 Å². The van der Waals surface area contributed by atoms with Crippen LogP contribution in [0.3, 0.4) is 0 Å². The molecule has 0 aromatic heterocycles. The third kappa shape index (κ3) is 4.80. The first kappa shape index (κ1) is 18.5. The van der Waals surface area contributed by atoms with Gasteiger partial charge in [-0.05, 0) is 43.3 Å². The lowest BCUT2D eigenvalue weighted by molar-refractivity contribution is -0.117. The van der Waals surface area contributed by atoms with E-state index in [1.807, 2.05) is 11.6 Å². The van der Waals surface area contributed by atoms with Crippen LogP contribution in [0.4, 0.5) is 5.69 Å². The van der Waals surface area contributed by atoms with Crippen molar-refractivity contribution in [2.75, 3.05) is 11.9 Å². The molecule has 132 valence electrons. The summed E-state index contributed by atoms with van der Waals surface area (Å²) in [5.41, 5.74) is 0.789. The molecule has 0 saturated heterocycles. The van der Waals surface area contributed by atoms with Crippen molar-refractivity contribution >= 4 is 27.5 Å². The van der Waals surface area contributed by atoms with Crippen molar-refractivity contribution in [1.29, 1.82) is 0 Å². The second kappa shape index (κ2) is 7.80. The van der Waals surface area contributed by atoms with E-state index in [4.69, 9.17) is 4.74 Å². The lowest BCUT2D eigenvalue weighted by Crippen LogP contribution is -2.28. The fourth-order valence-electron chi connectivity index (χ4n) is 2.10. The smallest absolute Gasteiger partial charge is 0.264 e. The molecule has 0 aliphatic rings. The molecule has 2 aromatic rings. The fraction of sp³-hybridized carbons (Fsp3) is 0.176. The molecule has 0 radical (unpaired) electrons. The normalized spacial score (nSPS) is 10.8. The molecule has 0 heterocycles. The summed E-state index contributed by atoms with van der Waals surface area (Å²) in [6, 6.07) is 12.3. The maximum atomic E-state index is 12.4. The molecule has 0 aliphatic carbocycles. The Kier molecular flexibility index (Phi) is 5.76. The van der Waals surface area contributed by atoms with Gasteiger partial charge in [0.25, 0.3) is 15.9 Å². The number of nitrogens with one attached hydrogen (secondary N) is 2. The van der Waals surface area contributed by atoms with E-state index in [0.717, 1.165) is 6.92 Å². The molecule has 0 saturated carbocycles. The molecular weight excluding hydrogens is 344 g/mol. The fourth-order valence-corrected chi connectivity index (χ4v) is 3.09. The van der Waals surface area contributed by atoms with Gasteiger partial charge >= 0.3 is 0 Å². The van der Waals surface area contributed by atoms with Crippen LogP contribution in [0.15, 0.2) is 53.4 Å². The Morgan fingerprint density at radius 3 is 2.28 bits per heavy atom. The van der Waals surface area contributed by atoms with Crippen LogP contribution in [-0.2, 0) is 14.8 Å². The number of hydrogen-bond donors (Lipinski definition) is 2. The van der Waals surface area contributed by atoms with Gasteiger partial charge in [-0.25, -0.2) is 13.1 Å². The van der Waals surface area contributed by atoms with Crippen molar-refractivity contribution in [2.45, 2.75) is 18.7 Å². The number of anilines is 1. The Balaban J connectivity index is 2.17. The largest absolute Gasteiger partial charge is 0.493 e. The van der Waals surface area contributed by atoms with Crippen molar-refractivity contribution in [3.63, 3.8) is 0 Å². The molecule has 25 heavy (non-hydrogen) atoms. The van der Waals surface area contributed by atoms with Crippen LogP contribution >= 0.6 is 0 Å². The van der Waals surface area contributed by atoms with E-state index < -0.39 is 15.9 Å². The zero-order valence-electron chi connectivity index (χ0n) is 13.8. The zero-order chi connectivity index (χ0) is 18.4. The van der Waals surface area contributed by atoms with E-state index in [0.29, 0.717) is 23.6 Å². The predicted octanol–water partition coefficient (Wildman–Crippen LogP) is 2.16. The van der Waals surface area contributed by atoms with Gasteiger partial charge in [0.15, 0.2) is 0 Å².